The van der Waals surface area contributed by atoms with E-state index in [1.54, 1.807) is 19.1 Å². The number of rotatable bonds is 2. The topological polar surface area (TPSA) is 58.7 Å². The van der Waals surface area contributed by atoms with Crippen molar-refractivity contribution in [2.75, 3.05) is 6.54 Å². The second kappa shape index (κ2) is 4.44. The summed E-state index contributed by atoms with van der Waals surface area (Å²) >= 11 is 3.18. The van der Waals surface area contributed by atoms with Crippen molar-refractivity contribution in [1.29, 1.82) is 0 Å². The van der Waals surface area contributed by atoms with E-state index in [1.807, 2.05) is 0 Å². The molecular weight excluding hydrogens is 289 g/mol. The Kier molecular flexibility index (Phi) is 3.15. The first-order chi connectivity index (χ1) is 8.04. The summed E-state index contributed by atoms with van der Waals surface area (Å²) < 4.78 is 14.5. The molecule has 0 fully saturated rings. The van der Waals surface area contributed by atoms with Crippen LogP contribution in [0.2, 0.25) is 0 Å². The molecule has 6 heteroatoms. The third kappa shape index (κ3) is 2.04. The van der Waals surface area contributed by atoms with Crippen LogP contribution in [0.1, 0.15) is 18.5 Å². The zero-order chi connectivity index (χ0) is 12.6. The van der Waals surface area contributed by atoms with E-state index >= 15 is 0 Å². The van der Waals surface area contributed by atoms with Gasteiger partial charge in [0.15, 0.2) is 0 Å². The second-order valence-electron chi connectivity index (χ2n) is 3.67. The molecule has 1 heterocycles. The highest BCUT2D eigenvalue weighted by molar-refractivity contribution is 9.10. The zero-order valence-corrected chi connectivity index (χ0v) is 10.7. The van der Waals surface area contributed by atoms with Gasteiger partial charge in [-0.15, -0.1) is 0 Å². The van der Waals surface area contributed by atoms with Crippen LogP contribution in [0.4, 0.5) is 9.18 Å². The molecule has 1 aliphatic heterocycles. The molecule has 2 rings (SSSR count). The summed E-state index contributed by atoms with van der Waals surface area (Å²) in [6.45, 7) is 2.24. The number of aliphatic imine (C=N–C) groups is 1. The van der Waals surface area contributed by atoms with Crippen molar-refractivity contribution in [2.24, 2.45) is 10.7 Å². The van der Waals surface area contributed by atoms with Crippen molar-refractivity contribution < 1.29 is 9.18 Å². The number of benzene rings is 1. The quantitative estimate of drug-likeness (QED) is 0.912. The van der Waals surface area contributed by atoms with Gasteiger partial charge in [0.05, 0.1) is 0 Å². The van der Waals surface area contributed by atoms with Crippen LogP contribution < -0.4 is 5.73 Å². The maximum absolute atomic E-state index is 13.8. The smallest absolute Gasteiger partial charge is 0.346 e. The molecule has 0 saturated heterocycles. The lowest BCUT2D eigenvalue weighted by Crippen LogP contribution is -2.33. The third-order valence-electron chi connectivity index (χ3n) is 2.66. The van der Waals surface area contributed by atoms with Crippen LogP contribution >= 0.6 is 15.9 Å². The van der Waals surface area contributed by atoms with Crippen LogP contribution in [0.5, 0.6) is 0 Å². The van der Waals surface area contributed by atoms with Crippen LogP contribution in [-0.4, -0.2) is 23.3 Å². The Morgan fingerprint density at radius 2 is 2.29 bits per heavy atom. The summed E-state index contributed by atoms with van der Waals surface area (Å²) in [6, 6.07) is 3.65. The lowest BCUT2D eigenvalue weighted by Gasteiger charge is -2.23. The van der Waals surface area contributed by atoms with Crippen LogP contribution in [0.3, 0.4) is 0 Å². The van der Waals surface area contributed by atoms with E-state index in [0.717, 1.165) is 0 Å². The van der Waals surface area contributed by atoms with Crippen molar-refractivity contribution in [3.8, 4) is 0 Å². The SMILES string of the molecule is CCN1C(=O)N=C(N)C1c1ccc(Br)cc1F. The summed E-state index contributed by atoms with van der Waals surface area (Å²) in [5, 5.41) is 0. The number of carbonyl (C=O) groups excluding carboxylic acids is 1. The maximum atomic E-state index is 13.8. The number of nitrogens with zero attached hydrogens (tertiary/aromatic N) is 2. The van der Waals surface area contributed by atoms with Gasteiger partial charge < -0.3 is 10.6 Å². The number of amides is 2. The number of carbonyl (C=O) groups is 1. The average Bonchev–Trinajstić information content (AvgIpc) is 2.53. The molecule has 2 N–H and O–H groups in total. The Labute approximate surface area is 106 Å². The number of amidine groups is 1. The van der Waals surface area contributed by atoms with E-state index in [1.165, 1.54) is 11.0 Å². The highest BCUT2D eigenvalue weighted by Crippen LogP contribution is 2.29. The van der Waals surface area contributed by atoms with Gasteiger partial charge in [-0.25, -0.2) is 9.18 Å². The number of hydrogen-bond donors (Lipinski definition) is 1. The standard InChI is InChI=1S/C11H11BrFN3O/c1-2-16-9(10(14)15-11(16)17)7-4-3-6(12)5-8(7)13/h3-5,9H,2H2,1H3,(H2,14,15,17). The fourth-order valence-electron chi connectivity index (χ4n) is 1.87. The number of urea groups is 1. The van der Waals surface area contributed by atoms with Crippen LogP contribution in [0.25, 0.3) is 0 Å². The first-order valence-corrected chi connectivity index (χ1v) is 5.93. The Morgan fingerprint density at radius 3 is 2.88 bits per heavy atom. The van der Waals surface area contributed by atoms with Gasteiger partial charge in [-0.1, -0.05) is 22.0 Å². The zero-order valence-electron chi connectivity index (χ0n) is 9.15. The maximum Gasteiger partial charge on any atom is 0.346 e. The van der Waals surface area contributed by atoms with E-state index in [0.29, 0.717) is 16.6 Å². The predicted molar refractivity (Wildman–Crippen MR) is 66.2 cm³/mol. The summed E-state index contributed by atoms with van der Waals surface area (Å²) in [4.78, 5) is 16.6. The largest absolute Gasteiger partial charge is 0.385 e. The fraction of sp³-hybridized carbons (Fsp3) is 0.273. The molecule has 90 valence electrons. The highest BCUT2D eigenvalue weighted by Gasteiger charge is 2.34. The lowest BCUT2D eigenvalue weighted by atomic mass is 10.0. The molecule has 1 aromatic carbocycles. The van der Waals surface area contributed by atoms with Crippen molar-refractivity contribution in [2.45, 2.75) is 13.0 Å². The Hall–Kier alpha value is -1.43. The van der Waals surface area contributed by atoms with Crippen molar-refractivity contribution in [3.05, 3.63) is 34.1 Å². The first kappa shape index (κ1) is 12.0. The minimum atomic E-state index is -0.597. The Morgan fingerprint density at radius 1 is 1.59 bits per heavy atom. The second-order valence-corrected chi connectivity index (χ2v) is 4.59. The molecular formula is C11H11BrFN3O. The lowest BCUT2D eigenvalue weighted by molar-refractivity contribution is 0.209. The molecule has 1 atom stereocenters. The van der Waals surface area contributed by atoms with Gasteiger partial charge >= 0.3 is 6.03 Å². The molecule has 0 radical (unpaired) electrons. The normalized spacial score (nSPS) is 19.7. The van der Waals surface area contributed by atoms with E-state index in [-0.39, 0.29) is 5.84 Å². The van der Waals surface area contributed by atoms with Gasteiger partial charge in [-0.2, -0.15) is 4.99 Å². The summed E-state index contributed by atoms with van der Waals surface area (Å²) in [5.41, 5.74) is 6.05. The first-order valence-electron chi connectivity index (χ1n) is 5.14. The molecule has 1 aliphatic rings. The van der Waals surface area contributed by atoms with Gasteiger partial charge in [0.1, 0.15) is 17.7 Å². The number of halogens is 2. The van der Waals surface area contributed by atoms with Gasteiger partial charge in [0.25, 0.3) is 0 Å². The minimum absolute atomic E-state index is 0.137. The molecule has 4 nitrogen and oxygen atoms in total. The fourth-order valence-corrected chi connectivity index (χ4v) is 2.21. The van der Waals surface area contributed by atoms with Crippen LogP contribution in [0, 0.1) is 5.82 Å². The van der Waals surface area contributed by atoms with Crippen LogP contribution in [0.15, 0.2) is 27.7 Å². The number of likely N-dealkylation sites (N-methyl/N-ethyl adjacent to an activating group) is 1. The number of hydrogen-bond acceptors (Lipinski definition) is 2. The van der Waals surface area contributed by atoms with Gasteiger partial charge in [-0.05, 0) is 19.1 Å². The number of nitrogens with two attached hydrogens (primary N) is 1. The molecule has 0 bridgehead atoms. The molecule has 2 amide bonds. The van der Waals surface area contributed by atoms with Crippen molar-refractivity contribution in [3.63, 3.8) is 0 Å². The molecule has 0 aromatic heterocycles. The summed E-state index contributed by atoms with van der Waals surface area (Å²) in [5.74, 6) is -0.270. The highest BCUT2D eigenvalue weighted by atomic mass is 79.9. The van der Waals surface area contributed by atoms with Crippen LogP contribution in [-0.2, 0) is 0 Å². The van der Waals surface area contributed by atoms with E-state index in [2.05, 4.69) is 20.9 Å². The van der Waals surface area contributed by atoms with Gasteiger partial charge in [-0.3, -0.25) is 0 Å². The van der Waals surface area contributed by atoms with Gasteiger partial charge in [0, 0.05) is 16.6 Å². The Bertz CT molecular complexity index is 503. The molecule has 1 unspecified atom stereocenters. The summed E-state index contributed by atoms with van der Waals surface area (Å²) in [7, 11) is 0. The summed E-state index contributed by atoms with van der Waals surface area (Å²) in [6.07, 6.45) is 0. The Balaban J connectivity index is 2.45. The van der Waals surface area contributed by atoms with Crippen molar-refractivity contribution >= 4 is 27.8 Å². The predicted octanol–water partition coefficient (Wildman–Crippen LogP) is 2.44. The molecule has 0 spiro atoms. The minimum Gasteiger partial charge on any atom is -0.385 e. The van der Waals surface area contributed by atoms with Crippen molar-refractivity contribution in [1.82, 2.24) is 4.90 Å². The third-order valence-corrected chi connectivity index (χ3v) is 3.15. The van der Waals surface area contributed by atoms with Gasteiger partial charge in [0.2, 0.25) is 0 Å². The van der Waals surface area contributed by atoms with E-state index in [4.69, 9.17) is 5.73 Å². The monoisotopic (exact) mass is 299 g/mol. The average molecular weight is 300 g/mol. The molecule has 1 aromatic rings. The molecule has 17 heavy (non-hydrogen) atoms. The molecule has 0 saturated carbocycles. The van der Waals surface area contributed by atoms with E-state index < -0.39 is 17.9 Å². The molecule has 0 aliphatic carbocycles. The van der Waals surface area contributed by atoms with E-state index in [9.17, 15) is 9.18 Å².